The van der Waals surface area contributed by atoms with Crippen LogP contribution in [0.25, 0.3) is 0 Å². The van der Waals surface area contributed by atoms with Crippen LogP contribution in [0.1, 0.15) is 43.0 Å². The van der Waals surface area contributed by atoms with Gasteiger partial charge in [0.25, 0.3) is 0 Å². The Hall–Kier alpha value is -1.88. The Bertz CT molecular complexity index is 478. The van der Waals surface area contributed by atoms with E-state index in [9.17, 15) is 9.59 Å². The summed E-state index contributed by atoms with van der Waals surface area (Å²) in [4.78, 5) is 23.4. The maximum Gasteiger partial charge on any atom is 0.338 e. The Morgan fingerprint density at radius 3 is 2.67 bits per heavy atom. The Balaban J connectivity index is 1.84. The molecule has 0 radical (unpaired) electrons. The molecule has 1 aromatic carbocycles. The van der Waals surface area contributed by atoms with Gasteiger partial charge in [0.2, 0.25) is 5.91 Å². The van der Waals surface area contributed by atoms with Crippen molar-refractivity contribution in [2.45, 2.75) is 38.7 Å². The molecule has 1 fully saturated rings. The fourth-order valence-electron chi connectivity index (χ4n) is 2.29. The number of rotatable bonds is 5. The second-order valence-electron chi connectivity index (χ2n) is 5.04. The second-order valence-corrected chi connectivity index (χ2v) is 5.04. The molecule has 2 rings (SSSR count). The lowest BCUT2D eigenvalue weighted by Crippen LogP contribution is -2.25. The first-order chi connectivity index (χ1) is 10.2. The lowest BCUT2D eigenvalue weighted by atomic mass is 10.1. The number of esters is 1. The van der Waals surface area contributed by atoms with Crippen molar-refractivity contribution in [1.82, 2.24) is 0 Å². The molecule has 5 nitrogen and oxygen atoms in total. The fraction of sp³-hybridized carbons (Fsp3) is 0.500. The van der Waals surface area contributed by atoms with E-state index in [1.807, 2.05) is 0 Å². The maximum absolute atomic E-state index is 11.9. The van der Waals surface area contributed by atoms with E-state index in [1.165, 1.54) is 0 Å². The summed E-state index contributed by atoms with van der Waals surface area (Å²) in [6, 6.07) is 6.69. The van der Waals surface area contributed by atoms with E-state index in [0.29, 0.717) is 24.3 Å². The molecule has 1 heterocycles. The summed E-state index contributed by atoms with van der Waals surface area (Å²) in [6.07, 6.45) is 3.53. The van der Waals surface area contributed by atoms with Crippen molar-refractivity contribution in [2.75, 3.05) is 18.5 Å². The zero-order valence-corrected chi connectivity index (χ0v) is 12.3. The van der Waals surface area contributed by atoms with Gasteiger partial charge in [0.1, 0.15) is 0 Å². The summed E-state index contributed by atoms with van der Waals surface area (Å²) < 4.78 is 10.4. The molecule has 1 atom stereocenters. The van der Waals surface area contributed by atoms with Crippen LogP contribution in [-0.2, 0) is 14.3 Å². The van der Waals surface area contributed by atoms with Gasteiger partial charge in [0.05, 0.1) is 24.7 Å². The number of carbonyl (C=O) groups excluding carboxylic acids is 2. The first kappa shape index (κ1) is 15.5. The molecular weight excluding hydrogens is 270 g/mol. The van der Waals surface area contributed by atoms with E-state index in [2.05, 4.69) is 5.32 Å². The number of nitrogens with one attached hydrogen (secondary N) is 1. The third-order valence-corrected chi connectivity index (χ3v) is 3.37. The largest absolute Gasteiger partial charge is 0.462 e. The monoisotopic (exact) mass is 291 g/mol. The van der Waals surface area contributed by atoms with Crippen LogP contribution in [0.2, 0.25) is 0 Å². The first-order valence-corrected chi connectivity index (χ1v) is 7.37. The van der Waals surface area contributed by atoms with E-state index in [0.717, 1.165) is 25.9 Å². The number of benzene rings is 1. The Morgan fingerprint density at radius 1 is 1.29 bits per heavy atom. The summed E-state index contributed by atoms with van der Waals surface area (Å²) in [5, 5.41) is 2.82. The predicted octanol–water partition coefficient (Wildman–Crippen LogP) is 2.76. The topological polar surface area (TPSA) is 64.6 Å². The summed E-state index contributed by atoms with van der Waals surface area (Å²) in [5.74, 6) is -0.420. The van der Waals surface area contributed by atoms with Crippen LogP contribution < -0.4 is 5.32 Å². The second kappa shape index (κ2) is 7.78. The minimum atomic E-state index is -0.356. The van der Waals surface area contributed by atoms with E-state index in [1.54, 1.807) is 31.2 Å². The highest BCUT2D eigenvalue weighted by molar-refractivity contribution is 5.93. The SMILES string of the molecule is CCOC(=O)c1ccc(NC(=O)CC2CCCCO2)cc1. The maximum atomic E-state index is 11.9. The zero-order chi connectivity index (χ0) is 15.1. The molecule has 0 bridgehead atoms. The average Bonchev–Trinajstić information content (AvgIpc) is 2.49. The van der Waals surface area contributed by atoms with Crippen molar-refractivity contribution >= 4 is 17.6 Å². The molecule has 1 aromatic rings. The van der Waals surface area contributed by atoms with Crippen molar-refractivity contribution < 1.29 is 19.1 Å². The van der Waals surface area contributed by atoms with Gasteiger partial charge in [-0.05, 0) is 50.5 Å². The number of amides is 1. The van der Waals surface area contributed by atoms with Gasteiger partial charge < -0.3 is 14.8 Å². The van der Waals surface area contributed by atoms with Crippen LogP contribution in [0.4, 0.5) is 5.69 Å². The minimum absolute atomic E-state index is 0.0255. The van der Waals surface area contributed by atoms with Crippen LogP contribution >= 0.6 is 0 Å². The highest BCUT2D eigenvalue weighted by Gasteiger charge is 2.17. The predicted molar refractivity (Wildman–Crippen MR) is 79.2 cm³/mol. The Kier molecular flexibility index (Phi) is 5.75. The van der Waals surface area contributed by atoms with Crippen molar-refractivity contribution in [1.29, 1.82) is 0 Å². The van der Waals surface area contributed by atoms with Gasteiger partial charge in [-0.1, -0.05) is 0 Å². The molecule has 1 unspecified atom stereocenters. The minimum Gasteiger partial charge on any atom is -0.462 e. The van der Waals surface area contributed by atoms with Crippen LogP contribution in [0.15, 0.2) is 24.3 Å². The number of anilines is 1. The molecule has 0 aliphatic carbocycles. The molecule has 1 aliphatic heterocycles. The molecule has 1 N–H and O–H groups in total. The van der Waals surface area contributed by atoms with Crippen molar-refractivity contribution in [3.63, 3.8) is 0 Å². The average molecular weight is 291 g/mol. The third kappa shape index (κ3) is 4.86. The highest BCUT2D eigenvalue weighted by atomic mass is 16.5. The van der Waals surface area contributed by atoms with Crippen LogP contribution in [0, 0.1) is 0 Å². The molecule has 1 amide bonds. The van der Waals surface area contributed by atoms with Gasteiger partial charge in [-0.15, -0.1) is 0 Å². The fourth-order valence-corrected chi connectivity index (χ4v) is 2.29. The Labute approximate surface area is 124 Å². The molecule has 21 heavy (non-hydrogen) atoms. The smallest absolute Gasteiger partial charge is 0.338 e. The summed E-state index contributed by atoms with van der Waals surface area (Å²) in [5.41, 5.74) is 1.15. The van der Waals surface area contributed by atoms with Gasteiger partial charge in [-0.3, -0.25) is 4.79 Å². The lowest BCUT2D eigenvalue weighted by molar-refractivity contribution is -0.119. The van der Waals surface area contributed by atoms with Gasteiger partial charge >= 0.3 is 5.97 Å². The van der Waals surface area contributed by atoms with Gasteiger partial charge in [-0.25, -0.2) is 4.79 Å². The number of carbonyl (C=O) groups is 2. The normalized spacial score (nSPS) is 18.0. The van der Waals surface area contributed by atoms with Crippen molar-refractivity contribution in [3.8, 4) is 0 Å². The molecule has 5 heteroatoms. The quantitative estimate of drug-likeness (QED) is 0.847. The first-order valence-electron chi connectivity index (χ1n) is 7.37. The molecule has 0 saturated carbocycles. The highest BCUT2D eigenvalue weighted by Crippen LogP contribution is 2.17. The number of hydrogen-bond acceptors (Lipinski definition) is 4. The molecule has 114 valence electrons. The van der Waals surface area contributed by atoms with Crippen molar-refractivity contribution in [3.05, 3.63) is 29.8 Å². The Morgan fingerprint density at radius 2 is 2.05 bits per heavy atom. The molecule has 1 aliphatic rings. The molecule has 1 saturated heterocycles. The van der Waals surface area contributed by atoms with E-state index < -0.39 is 0 Å². The van der Waals surface area contributed by atoms with Gasteiger partial charge in [0, 0.05) is 12.3 Å². The summed E-state index contributed by atoms with van der Waals surface area (Å²) in [6.45, 7) is 2.85. The van der Waals surface area contributed by atoms with Crippen LogP contribution in [-0.4, -0.2) is 31.2 Å². The van der Waals surface area contributed by atoms with Gasteiger partial charge in [-0.2, -0.15) is 0 Å². The standard InChI is InChI=1S/C16H21NO4/c1-2-20-16(19)12-6-8-13(9-7-12)17-15(18)11-14-5-3-4-10-21-14/h6-9,14H,2-5,10-11H2,1H3,(H,17,18). The van der Waals surface area contributed by atoms with Crippen LogP contribution in [0.3, 0.4) is 0 Å². The summed E-state index contributed by atoms with van der Waals surface area (Å²) in [7, 11) is 0. The molecule has 0 spiro atoms. The summed E-state index contributed by atoms with van der Waals surface area (Å²) >= 11 is 0. The number of hydrogen-bond donors (Lipinski definition) is 1. The van der Waals surface area contributed by atoms with Crippen molar-refractivity contribution in [2.24, 2.45) is 0 Å². The zero-order valence-electron chi connectivity index (χ0n) is 12.3. The molecule has 0 aromatic heterocycles. The lowest BCUT2D eigenvalue weighted by Gasteiger charge is -2.21. The number of ether oxygens (including phenoxy) is 2. The van der Waals surface area contributed by atoms with E-state index >= 15 is 0 Å². The van der Waals surface area contributed by atoms with E-state index in [-0.39, 0.29) is 18.0 Å². The van der Waals surface area contributed by atoms with Gasteiger partial charge in [0.15, 0.2) is 0 Å². The molecular formula is C16H21NO4. The van der Waals surface area contributed by atoms with Crippen LogP contribution in [0.5, 0.6) is 0 Å². The third-order valence-electron chi connectivity index (χ3n) is 3.37. The van der Waals surface area contributed by atoms with E-state index in [4.69, 9.17) is 9.47 Å².